The second-order valence-corrected chi connectivity index (χ2v) is 4.69. The van der Waals surface area contributed by atoms with Gasteiger partial charge in [-0.1, -0.05) is 19.2 Å². The highest BCUT2D eigenvalue weighted by atomic mass is 16.5. The van der Waals surface area contributed by atoms with Crippen LogP contribution in [0.3, 0.4) is 0 Å². The van der Waals surface area contributed by atoms with Crippen molar-refractivity contribution in [2.75, 3.05) is 18.1 Å². The maximum absolute atomic E-state index is 10.1. The van der Waals surface area contributed by atoms with Gasteiger partial charge in [0.15, 0.2) is 0 Å². The molecule has 0 saturated heterocycles. The van der Waals surface area contributed by atoms with Gasteiger partial charge in [-0.25, -0.2) is 9.59 Å². The summed E-state index contributed by atoms with van der Waals surface area (Å²) in [5.41, 5.74) is 11.0. The minimum absolute atomic E-state index is 0.176. The number of rotatable bonds is 7. The van der Waals surface area contributed by atoms with Gasteiger partial charge in [-0.05, 0) is 26.7 Å². The normalized spacial score (nSPS) is 8.69. The molecule has 1 aromatic heterocycles. The van der Waals surface area contributed by atoms with Gasteiger partial charge in [-0.15, -0.1) is 6.58 Å². The van der Waals surface area contributed by atoms with Crippen molar-refractivity contribution < 1.29 is 19.4 Å². The molecular formula is C17H27N5O4. The average molecular weight is 365 g/mol. The Balaban J connectivity index is 0. The summed E-state index contributed by atoms with van der Waals surface area (Å²) < 4.78 is 4.43. The van der Waals surface area contributed by atoms with E-state index in [0.717, 1.165) is 25.3 Å². The van der Waals surface area contributed by atoms with Crippen molar-refractivity contribution >= 4 is 23.8 Å². The second-order valence-electron chi connectivity index (χ2n) is 4.69. The molecule has 0 spiro atoms. The number of carbonyl (C=O) groups is 2. The highest BCUT2D eigenvalue weighted by molar-refractivity contribution is 5.84. The van der Waals surface area contributed by atoms with Gasteiger partial charge >= 0.3 is 11.9 Å². The molecule has 144 valence electrons. The molecule has 0 aliphatic carbocycles. The van der Waals surface area contributed by atoms with Crippen LogP contribution in [0.5, 0.6) is 0 Å². The first-order valence-corrected chi connectivity index (χ1v) is 7.72. The van der Waals surface area contributed by atoms with Crippen molar-refractivity contribution in [2.45, 2.75) is 33.1 Å². The number of carboxylic acids is 1. The first-order chi connectivity index (χ1) is 12.2. The van der Waals surface area contributed by atoms with E-state index in [0.29, 0.717) is 12.4 Å². The Labute approximate surface area is 153 Å². The van der Waals surface area contributed by atoms with Crippen molar-refractivity contribution in [3.05, 3.63) is 43.3 Å². The van der Waals surface area contributed by atoms with Gasteiger partial charge in [0.2, 0.25) is 11.9 Å². The third-order valence-corrected chi connectivity index (χ3v) is 2.34. The summed E-state index contributed by atoms with van der Waals surface area (Å²) in [5, 5.41) is 7.89. The third kappa shape index (κ3) is 15.7. The highest BCUT2D eigenvalue weighted by Gasteiger charge is 2.00. The van der Waals surface area contributed by atoms with Crippen LogP contribution in [-0.2, 0) is 20.7 Å². The van der Waals surface area contributed by atoms with E-state index in [1.54, 1.807) is 6.92 Å². The summed E-state index contributed by atoms with van der Waals surface area (Å²) in [5.74, 6) is -0.286. The number of carboxylic acid groups (broad SMARTS) is 1. The fourth-order valence-corrected chi connectivity index (χ4v) is 1.17. The topological polar surface area (TPSA) is 154 Å². The molecular weight excluding hydrogens is 338 g/mol. The number of unbranched alkanes of at least 4 members (excludes halogenated alkanes) is 1. The number of carbonyl (C=O) groups excluding carboxylic acids is 1. The van der Waals surface area contributed by atoms with Crippen molar-refractivity contribution in [1.29, 1.82) is 0 Å². The number of esters is 1. The van der Waals surface area contributed by atoms with Gasteiger partial charge in [0.25, 0.3) is 0 Å². The Bertz CT molecular complexity index is 585. The van der Waals surface area contributed by atoms with E-state index < -0.39 is 5.97 Å². The standard InChI is InChI=1S/C8H13N5.C5H8O2.C4H6O2/c1-2-3-4-5-6-11-7(9)13-8(10)12-6;1-3-5(6)7-4-2;1-3(2)4(5)6/h2H,1,3-5H2,(H4,9,10,11,12,13);3H,1,4H2,2H3;1H2,2H3,(H,5,6). The molecule has 0 atom stereocenters. The average Bonchev–Trinajstić information content (AvgIpc) is 2.55. The number of aromatic nitrogens is 3. The zero-order valence-electron chi connectivity index (χ0n) is 15.3. The number of anilines is 2. The number of nitrogens with zero attached hydrogens (tertiary/aromatic N) is 3. The number of nitrogen functional groups attached to an aromatic ring is 2. The van der Waals surface area contributed by atoms with Gasteiger partial charge in [0.1, 0.15) is 5.82 Å². The van der Waals surface area contributed by atoms with Gasteiger partial charge in [-0.3, -0.25) is 0 Å². The minimum Gasteiger partial charge on any atom is -0.478 e. The molecule has 26 heavy (non-hydrogen) atoms. The molecule has 5 N–H and O–H groups in total. The van der Waals surface area contributed by atoms with Crippen molar-refractivity contribution in [3.8, 4) is 0 Å². The molecule has 0 amide bonds. The van der Waals surface area contributed by atoms with Crippen LogP contribution in [-0.4, -0.2) is 38.6 Å². The summed E-state index contributed by atoms with van der Waals surface area (Å²) in [4.78, 5) is 31.2. The van der Waals surface area contributed by atoms with Crippen LogP contribution in [0.25, 0.3) is 0 Å². The molecule has 1 rings (SSSR count). The highest BCUT2D eigenvalue weighted by Crippen LogP contribution is 2.03. The molecule has 1 heterocycles. The van der Waals surface area contributed by atoms with Crippen LogP contribution < -0.4 is 11.5 Å². The maximum atomic E-state index is 10.1. The number of ether oxygens (including phenoxy) is 1. The van der Waals surface area contributed by atoms with Crippen LogP contribution in [0.4, 0.5) is 11.9 Å². The summed E-state index contributed by atoms with van der Waals surface area (Å²) in [6, 6.07) is 0. The van der Waals surface area contributed by atoms with Crippen LogP contribution >= 0.6 is 0 Å². The molecule has 0 aromatic carbocycles. The number of aliphatic carboxylic acids is 1. The van der Waals surface area contributed by atoms with Crippen LogP contribution in [0.2, 0.25) is 0 Å². The van der Waals surface area contributed by atoms with E-state index in [9.17, 15) is 9.59 Å². The molecule has 0 aliphatic rings. The monoisotopic (exact) mass is 365 g/mol. The van der Waals surface area contributed by atoms with Gasteiger partial charge in [0, 0.05) is 18.1 Å². The maximum Gasteiger partial charge on any atom is 0.330 e. The first-order valence-electron chi connectivity index (χ1n) is 7.72. The van der Waals surface area contributed by atoms with Crippen LogP contribution in [0.1, 0.15) is 32.5 Å². The lowest BCUT2D eigenvalue weighted by molar-refractivity contribution is -0.137. The molecule has 0 radical (unpaired) electrons. The van der Waals surface area contributed by atoms with Crippen LogP contribution in [0.15, 0.2) is 37.5 Å². The lowest BCUT2D eigenvalue weighted by atomic mass is 10.2. The lowest BCUT2D eigenvalue weighted by Gasteiger charge is -2.00. The van der Waals surface area contributed by atoms with Crippen molar-refractivity contribution in [1.82, 2.24) is 15.0 Å². The quantitative estimate of drug-likeness (QED) is 0.284. The second kappa shape index (κ2) is 15.3. The van der Waals surface area contributed by atoms with Gasteiger partial charge in [0.05, 0.1) is 6.61 Å². The molecule has 0 saturated carbocycles. The largest absolute Gasteiger partial charge is 0.478 e. The smallest absolute Gasteiger partial charge is 0.330 e. The molecule has 0 bridgehead atoms. The van der Waals surface area contributed by atoms with Gasteiger partial charge < -0.3 is 21.3 Å². The molecule has 1 aromatic rings. The van der Waals surface area contributed by atoms with E-state index in [4.69, 9.17) is 16.6 Å². The summed E-state index contributed by atoms with van der Waals surface area (Å²) >= 11 is 0. The zero-order chi connectivity index (χ0) is 20.5. The summed E-state index contributed by atoms with van der Waals surface area (Å²) in [6.45, 7) is 13.6. The Morgan fingerprint density at radius 2 is 1.69 bits per heavy atom. The molecule has 9 nitrogen and oxygen atoms in total. The van der Waals surface area contributed by atoms with Crippen molar-refractivity contribution in [3.63, 3.8) is 0 Å². The Kier molecular flexibility index (Phi) is 14.7. The number of nitrogens with two attached hydrogens (primary N) is 2. The minimum atomic E-state index is -0.935. The fourth-order valence-electron chi connectivity index (χ4n) is 1.17. The summed E-state index contributed by atoms with van der Waals surface area (Å²) in [6.07, 6.45) is 5.64. The van der Waals surface area contributed by atoms with Crippen molar-refractivity contribution in [2.24, 2.45) is 0 Å². The lowest BCUT2D eigenvalue weighted by Crippen LogP contribution is -2.06. The fraction of sp³-hybridized carbons (Fsp3) is 0.353. The Morgan fingerprint density at radius 3 is 2.00 bits per heavy atom. The third-order valence-electron chi connectivity index (χ3n) is 2.34. The Morgan fingerprint density at radius 1 is 1.19 bits per heavy atom. The van der Waals surface area contributed by atoms with E-state index in [-0.39, 0.29) is 23.4 Å². The summed E-state index contributed by atoms with van der Waals surface area (Å²) in [7, 11) is 0. The number of aryl methyl sites for hydroxylation is 1. The van der Waals surface area contributed by atoms with E-state index in [1.807, 2.05) is 6.08 Å². The zero-order valence-corrected chi connectivity index (χ0v) is 15.3. The van der Waals surface area contributed by atoms with E-state index in [1.165, 1.54) is 6.92 Å². The number of hydrogen-bond donors (Lipinski definition) is 3. The predicted octanol–water partition coefficient (Wildman–Crippen LogP) is 1.93. The predicted molar refractivity (Wildman–Crippen MR) is 101 cm³/mol. The molecule has 0 fully saturated rings. The van der Waals surface area contributed by atoms with Crippen LogP contribution in [0, 0.1) is 0 Å². The molecule has 0 unspecified atom stereocenters. The van der Waals surface area contributed by atoms with E-state index in [2.05, 4.69) is 39.4 Å². The number of hydrogen-bond acceptors (Lipinski definition) is 8. The van der Waals surface area contributed by atoms with Gasteiger partial charge in [-0.2, -0.15) is 15.0 Å². The molecule has 0 aliphatic heterocycles. The molecule has 9 heteroatoms. The SMILES string of the molecule is C=C(C)C(=O)O.C=CC(=O)OCC.C=CCCCc1nc(N)nc(N)n1. The first kappa shape index (κ1) is 25.0. The Hall–Kier alpha value is -3.23. The number of allylic oxidation sites excluding steroid dienone is 1. The van der Waals surface area contributed by atoms with E-state index >= 15 is 0 Å².